The molecular weight excluding hydrogens is 272 g/mol. The van der Waals surface area contributed by atoms with Crippen LogP contribution in [0.1, 0.15) is 10.6 Å². The van der Waals surface area contributed by atoms with Crippen LogP contribution in [0.2, 0.25) is 0 Å². The van der Waals surface area contributed by atoms with Crippen LogP contribution >= 0.6 is 11.3 Å². The molecule has 0 radical (unpaired) electrons. The highest BCUT2D eigenvalue weighted by molar-refractivity contribution is 7.12. The molecule has 0 saturated heterocycles. The van der Waals surface area contributed by atoms with Crippen molar-refractivity contribution in [1.82, 2.24) is 0 Å². The highest BCUT2D eigenvalue weighted by Crippen LogP contribution is 2.17. The number of nitrogens with zero attached hydrogens (tertiary/aromatic N) is 2. The second kappa shape index (κ2) is 5.71. The SMILES string of the molecule is COC(=NN=Cc1cc2ccccc2o1)c1cccs1. The number of hydrogen-bond acceptors (Lipinski definition) is 5. The molecule has 100 valence electrons. The Hall–Kier alpha value is -2.40. The first-order chi connectivity index (χ1) is 9.86. The van der Waals surface area contributed by atoms with Crippen molar-refractivity contribution in [3.8, 4) is 0 Å². The van der Waals surface area contributed by atoms with Crippen LogP contribution in [0.5, 0.6) is 0 Å². The summed E-state index contributed by atoms with van der Waals surface area (Å²) in [6.45, 7) is 0. The van der Waals surface area contributed by atoms with Crippen LogP contribution in [0.4, 0.5) is 0 Å². The lowest BCUT2D eigenvalue weighted by Crippen LogP contribution is -1.99. The van der Waals surface area contributed by atoms with Crippen LogP contribution in [0.3, 0.4) is 0 Å². The zero-order chi connectivity index (χ0) is 13.8. The smallest absolute Gasteiger partial charge is 0.250 e. The van der Waals surface area contributed by atoms with Gasteiger partial charge in [0.1, 0.15) is 11.3 Å². The maximum Gasteiger partial charge on any atom is 0.250 e. The van der Waals surface area contributed by atoms with Gasteiger partial charge in [0.15, 0.2) is 0 Å². The number of furan rings is 1. The quantitative estimate of drug-likeness (QED) is 0.416. The third kappa shape index (κ3) is 2.62. The first-order valence-corrected chi connectivity index (χ1v) is 6.92. The molecule has 0 fully saturated rings. The molecule has 0 saturated carbocycles. The van der Waals surface area contributed by atoms with E-state index in [2.05, 4.69) is 10.2 Å². The van der Waals surface area contributed by atoms with Crippen LogP contribution in [-0.4, -0.2) is 19.2 Å². The Labute approximate surface area is 120 Å². The first-order valence-electron chi connectivity index (χ1n) is 6.04. The lowest BCUT2D eigenvalue weighted by molar-refractivity contribution is 0.404. The molecule has 1 aromatic carbocycles. The number of benzene rings is 1. The van der Waals surface area contributed by atoms with Crippen LogP contribution in [0, 0.1) is 0 Å². The number of ether oxygens (including phenoxy) is 1. The summed E-state index contributed by atoms with van der Waals surface area (Å²) < 4.78 is 10.8. The number of hydrogen-bond donors (Lipinski definition) is 0. The summed E-state index contributed by atoms with van der Waals surface area (Å²) in [6, 6.07) is 13.6. The van der Waals surface area contributed by atoms with E-state index in [-0.39, 0.29) is 0 Å². The number of thiophene rings is 1. The average Bonchev–Trinajstić information content (AvgIpc) is 3.12. The summed E-state index contributed by atoms with van der Waals surface area (Å²) >= 11 is 1.55. The zero-order valence-corrected chi connectivity index (χ0v) is 11.6. The maximum atomic E-state index is 5.62. The molecule has 3 aromatic rings. The van der Waals surface area contributed by atoms with Gasteiger partial charge in [0, 0.05) is 5.39 Å². The van der Waals surface area contributed by atoms with Crippen molar-refractivity contribution >= 4 is 34.4 Å². The normalized spacial score (nSPS) is 12.3. The fraction of sp³-hybridized carbons (Fsp3) is 0.0667. The summed E-state index contributed by atoms with van der Waals surface area (Å²) in [4.78, 5) is 0.939. The van der Waals surface area contributed by atoms with Crippen molar-refractivity contribution in [2.24, 2.45) is 10.2 Å². The van der Waals surface area contributed by atoms with Gasteiger partial charge in [-0.25, -0.2) is 0 Å². The Bertz CT molecular complexity index is 724. The molecule has 0 bridgehead atoms. The third-order valence-corrected chi connectivity index (χ3v) is 3.56. The van der Waals surface area contributed by atoms with Crippen LogP contribution in [0.25, 0.3) is 11.0 Å². The second-order valence-electron chi connectivity index (χ2n) is 4.02. The number of fused-ring (bicyclic) bond motifs is 1. The molecule has 0 unspecified atom stereocenters. The average molecular weight is 284 g/mol. The van der Waals surface area contributed by atoms with E-state index in [0.29, 0.717) is 11.7 Å². The van der Waals surface area contributed by atoms with Crippen LogP contribution < -0.4 is 0 Å². The standard InChI is InChI=1S/C15H12N2O2S/c1-18-15(14-7-4-8-20-14)17-16-10-12-9-11-5-2-3-6-13(11)19-12/h2-10H,1H3. The summed E-state index contributed by atoms with van der Waals surface area (Å²) in [7, 11) is 1.58. The van der Waals surface area contributed by atoms with E-state index >= 15 is 0 Å². The lowest BCUT2D eigenvalue weighted by atomic mass is 10.2. The van der Waals surface area contributed by atoms with Crippen molar-refractivity contribution in [3.63, 3.8) is 0 Å². The molecule has 0 aliphatic rings. The molecule has 0 spiro atoms. The number of rotatable bonds is 3. The summed E-state index contributed by atoms with van der Waals surface area (Å²) in [5.41, 5.74) is 0.836. The van der Waals surface area contributed by atoms with E-state index < -0.39 is 0 Å². The van der Waals surface area contributed by atoms with E-state index in [1.807, 2.05) is 47.8 Å². The van der Waals surface area contributed by atoms with E-state index in [1.54, 1.807) is 24.7 Å². The number of methoxy groups -OCH3 is 1. The van der Waals surface area contributed by atoms with Crippen molar-refractivity contribution in [2.45, 2.75) is 0 Å². The highest BCUT2D eigenvalue weighted by Gasteiger charge is 2.03. The van der Waals surface area contributed by atoms with Gasteiger partial charge in [0.2, 0.25) is 0 Å². The molecule has 2 heterocycles. The summed E-state index contributed by atoms with van der Waals surface area (Å²) in [6.07, 6.45) is 1.58. The minimum atomic E-state index is 0.493. The molecular formula is C15H12N2O2S. The van der Waals surface area contributed by atoms with Crippen molar-refractivity contribution in [3.05, 3.63) is 58.5 Å². The Kier molecular flexibility index (Phi) is 3.60. The molecule has 0 amide bonds. The number of para-hydroxylation sites is 1. The summed E-state index contributed by atoms with van der Waals surface area (Å²) in [5.74, 6) is 1.16. The molecule has 0 aliphatic carbocycles. The highest BCUT2D eigenvalue weighted by atomic mass is 32.1. The van der Waals surface area contributed by atoms with Crippen LogP contribution in [-0.2, 0) is 4.74 Å². The fourth-order valence-corrected chi connectivity index (χ4v) is 2.48. The van der Waals surface area contributed by atoms with Gasteiger partial charge >= 0.3 is 0 Å². The van der Waals surface area contributed by atoms with Gasteiger partial charge < -0.3 is 9.15 Å². The first kappa shape index (κ1) is 12.6. The minimum absolute atomic E-state index is 0.493. The third-order valence-electron chi connectivity index (χ3n) is 2.70. The summed E-state index contributed by atoms with van der Waals surface area (Å²) in [5, 5.41) is 11.1. The monoisotopic (exact) mass is 284 g/mol. The van der Waals surface area contributed by atoms with Gasteiger partial charge in [-0.15, -0.1) is 16.4 Å². The molecule has 0 aliphatic heterocycles. The fourth-order valence-electron chi connectivity index (χ4n) is 1.80. The molecule has 5 heteroatoms. The predicted molar refractivity (Wildman–Crippen MR) is 81.7 cm³/mol. The Morgan fingerprint density at radius 1 is 1.25 bits per heavy atom. The van der Waals surface area contributed by atoms with Gasteiger partial charge in [0.25, 0.3) is 5.90 Å². The molecule has 4 nitrogen and oxygen atoms in total. The molecule has 20 heavy (non-hydrogen) atoms. The molecule has 0 N–H and O–H groups in total. The maximum absolute atomic E-state index is 5.62. The Balaban J connectivity index is 1.82. The van der Waals surface area contributed by atoms with Gasteiger partial charge in [-0.05, 0) is 23.6 Å². The van der Waals surface area contributed by atoms with Crippen molar-refractivity contribution < 1.29 is 9.15 Å². The van der Waals surface area contributed by atoms with E-state index in [0.717, 1.165) is 15.8 Å². The predicted octanol–water partition coefficient (Wildman–Crippen LogP) is 3.92. The van der Waals surface area contributed by atoms with Gasteiger partial charge in [-0.2, -0.15) is 5.10 Å². The minimum Gasteiger partial charge on any atom is -0.479 e. The molecule has 3 rings (SSSR count). The second-order valence-corrected chi connectivity index (χ2v) is 4.97. The van der Waals surface area contributed by atoms with Crippen molar-refractivity contribution in [2.75, 3.05) is 7.11 Å². The largest absolute Gasteiger partial charge is 0.479 e. The topological polar surface area (TPSA) is 47.1 Å². The van der Waals surface area contributed by atoms with E-state index in [9.17, 15) is 0 Å². The van der Waals surface area contributed by atoms with Gasteiger partial charge in [-0.3, -0.25) is 0 Å². The lowest BCUT2D eigenvalue weighted by Gasteiger charge is -1.97. The Morgan fingerprint density at radius 3 is 2.90 bits per heavy atom. The van der Waals surface area contributed by atoms with Gasteiger partial charge in [0.05, 0.1) is 18.2 Å². The molecule has 2 aromatic heterocycles. The zero-order valence-electron chi connectivity index (χ0n) is 10.8. The van der Waals surface area contributed by atoms with Crippen LogP contribution in [0.15, 0.2) is 62.5 Å². The van der Waals surface area contributed by atoms with Crippen molar-refractivity contribution in [1.29, 1.82) is 0 Å². The van der Waals surface area contributed by atoms with Gasteiger partial charge in [-0.1, -0.05) is 24.3 Å². The van der Waals surface area contributed by atoms with E-state index in [4.69, 9.17) is 9.15 Å². The molecule has 0 atom stereocenters. The Morgan fingerprint density at radius 2 is 2.15 bits per heavy atom. The van der Waals surface area contributed by atoms with E-state index in [1.165, 1.54) is 0 Å².